The molecule has 74 valence electrons. The Morgan fingerprint density at radius 1 is 0.769 bits per heavy atom. The lowest BCUT2D eigenvalue weighted by molar-refractivity contribution is -0.122. The number of carboxylic acid groups (broad SMARTS) is 1. The summed E-state index contributed by atoms with van der Waals surface area (Å²) in [6.07, 6.45) is 9.62. The molecule has 0 aromatic heterocycles. The molecule has 13 heavy (non-hydrogen) atoms. The Kier molecular flexibility index (Phi) is 2.56. The van der Waals surface area contributed by atoms with E-state index in [-0.39, 0.29) is 6.47 Å². The van der Waals surface area contributed by atoms with Crippen molar-refractivity contribution in [3.05, 3.63) is 0 Å². The van der Waals surface area contributed by atoms with E-state index in [1.54, 1.807) is 38.5 Å². The monoisotopic (exact) mass is 182 g/mol. The summed E-state index contributed by atoms with van der Waals surface area (Å²) in [5, 5.41) is 6.89. The van der Waals surface area contributed by atoms with Gasteiger partial charge in [-0.2, -0.15) is 0 Å². The first-order valence-corrected chi connectivity index (χ1v) is 5.39. The van der Waals surface area contributed by atoms with Crippen molar-refractivity contribution in [3.63, 3.8) is 0 Å². The molecule has 2 nitrogen and oxygen atoms in total. The molecule has 0 saturated heterocycles. The van der Waals surface area contributed by atoms with E-state index in [1.165, 1.54) is 23.7 Å². The summed E-state index contributed by atoms with van der Waals surface area (Å²) >= 11 is 0. The standard InChI is InChI=1S/C10H16.CH2O2/c1-7-2-9-4-8(1)5-10(3-7)6-9;2-1-3/h7-10H,1-6H2;1H,(H,2,3). The molecule has 0 radical (unpaired) electrons. The number of hydrogen-bond donors (Lipinski definition) is 1. The van der Waals surface area contributed by atoms with Gasteiger partial charge in [-0.25, -0.2) is 0 Å². The first kappa shape index (κ1) is 9.04. The van der Waals surface area contributed by atoms with E-state index in [0.29, 0.717) is 0 Å². The van der Waals surface area contributed by atoms with E-state index in [1.807, 2.05) is 0 Å². The van der Waals surface area contributed by atoms with Gasteiger partial charge in [-0.3, -0.25) is 4.79 Å². The van der Waals surface area contributed by atoms with E-state index < -0.39 is 0 Å². The average Bonchev–Trinajstić information content (AvgIpc) is 2.01. The van der Waals surface area contributed by atoms with Crippen LogP contribution in [0.2, 0.25) is 0 Å². The van der Waals surface area contributed by atoms with E-state index >= 15 is 0 Å². The SMILES string of the molecule is C1C2CC3CC1CC(C2)C3.O=CO. The van der Waals surface area contributed by atoms with E-state index in [9.17, 15) is 0 Å². The summed E-state index contributed by atoms with van der Waals surface area (Å²) in [4.78, 5) is 8.36. The Balaban J connectivity index is 0.000000196. The molecule has 0 aromatic rings. The lowest BCUT2D eigenvalue weighted by Gasteiger charge is -2.49. The van der Waals surface area contributed by atoms with Gasteiger partial charge >= 0.3 is 0 Å². The predicted octanol–water partition coefficient (Wildman–Crippen LogP) is 2.53. The van der Waals surface area contributed by atoms with Crippen LogP contribution in [0.1, 0.15) is 38.5 Å². The summed E-state index contributed by atoms with van der Waals surface area (Å²) < 4.78 is 0. The quantitative estimate of drug-likeness (QED) is 0.584. The second kappa shape index (κ2) is 3.69. The Morgan fingerprint density at radius 3 is 1.08 bits per heavy atom. The van der Waals surface area contributed by atoms with Gasteiger partial charge in [0.05, 0.1) is 0 Å². The van der Waals surface area contributed by atoms with Gasteiger partial charge in [0.2, 0.25) is 0 Å². The normalized spacial score (nSPS) is 45.2. The summed E-state index contributed by atoms with van der Waals surface area (Å²) in [7, 11) is 0. The highest BCUT2D eigenvalue weighted by atomic mass is 16.3. The zero-order valence-electron chi connectivity index (χ0n) is 7.98. The van der Waals surface area contributed by atoms with Gasteiger partial charge in [-0.1, -0.05) is 0 Å². The van der Waals surface area contributed by atoms with Crippen LogP contribution in [0.25, 0.3) is 0 Å². The van der Waals surface area contributed by atoms with Gasteiger partial charge in [0.1, 0.15) is 0 Å². The number of carbonyl (C=O) groups is 1. The van der Waals surface area contributed by atoms with Crippen LogP contribution in [0, 0.1) is 23.7 Å². The molecule has 0 aromatic carbocycles. The molecule has 0 heterocycles. The third-order valence-electron chi connectivity index (χ3n) is 4.00. The molecule has 2 heteroatoms. The van der Waals surface area contributed by atoms with Crippen LogP contribution < -0.4 is 0 Å². The van der Waals surface area contributed by atoms with Gasteiger partial charge in [-0.15, -0.1) is 0 Å². The number of rotatable bonds is 0. The third kappa shape index (κ3) is 1.87. The molecule has 0 aliphatic heterocycles. The molecule has 0 spiro atoms. The van der Waals surface area contributed by atoms with Crippen molar-refractivity contribution in [2.24, 2.45) is 23.7 Å². The van der Waals surface area contributed by atoms with Crippen LogP contribution in [-0.2, 0) is 4.79 Å². The second-order valence-corrected chi connectivity index (χ2v) is 4.98. The Hall–Kier alpha value is -0.530. The lowest BCUT2D eigenvalue weighted by atomic mass is 9.56. The predicted molar refractivity (Wildman–Crippen MR) is 50.4 cm³/mol. The smallest absolute Gasteiger partial charge is 0.290 e. The summed E-state index contributed by atoms with van der Waals surface area (Å²) in [5.41, 5.74) is 0. The lowest BCUT2D eigenvalue weighted by Crippen LogP contribution is -2.38. The van der Waals surface area contributed by atoms with Crippen LogP contribution >= 0.6 is 0 Å². The summed E-state index contributed by atoms with van der Waals surface area (Å²) in [6, 6.07) is 0. The molecular weight excluding hydrogens is 164 g/mol. The van der Waals surface area contributed by atoms with Crippen molar-refractivity contribution >= 4 is 6.47 Å². The van der Waals surface area contributed by atoms with Crippen molar-refractivity contribution in [1.29, 1.82) is 0 Å². The van der Waals surface area contributed by atoms with Gasteiger partial charge in [-0.05, 0) is 62.2 Å². The van der Waals surface area contributed by atoms with Crippen LogP contribution in [0.4, 0.5) is 0 Å². The third-order valence-corrected chi connectivity index (χ3v) is 4.00. The van der Waals surface area contributed by atoms with E-state index in [2.05, 4.69) is 0 Å². The molecule has 4 rings (SSSR count). The second-order valence-electron chi connectivity index (χ2n) is 4.98. The number of hydrogen-bond acceptors (Lipinski definition) is 1. The van der Waals surface area contributed by atoms with Crippen molar-refractivity contribution in [2.45, 2.75) is 38.5 Å². The fraction of sp³-hybridized carbons (Fsp3) is 0.909. The molecule has 0 amide bonds. The highest BCUT2D eigenvalue weighted by molar-refractivity contribution is 5.32. The molecule has 4 fully saturated rings. The molecule has 0 atom stereocenters. The first-order chi connectivity index (χ1) is 6.31. The first-order valence-electron chi connectivity index (χ1n) is 5.39. The van der Waals surface area contributed by atoms with Crippen molar-refractivity contribution in [1.82, 2.24) is 0 Å². The molecule has 4 aliphatic carbocycles. The molecule has 0 unspecified atom stereocenters. The maximum Gasteiger partial charge on any atom is 0.290 e. The van der Waals surface area contributed by atoms with Crippen LogP contribution in [-0.4, -0.2) is 11.6 Å². The minimum absolute atomic E-state index is 0.250. The maximum absolute atomic E-state index is 8.36. The minimum Gasteiger partial charge on any atom is -0.483 e. The highest BCUT2D eigenvalue weighted by Crippen LogP contribution is 2.53. The summed E-state index contributed by atoms with van der Waals surface area (Å²) in [5.74, 6) is 4.71. The zero-order chi connectivity index (χ0) is 9.26. The highest BCUT2D eigenvalue weighted by Gasteiger charge is 2.41. The molecule has 1 N–H and O–H groups in total. The minimum atomic E-state index is -0.250. The maximum atomic E-state index is 8.36. The van der Waals surface area contributed by atoms with Crippen LogP contribution in [0.5, 0.6) is 0 Å². The van der Waals surface area contributed by atoms with Crippen molar-refractivity contribution < 1.29 is 9.90 Å². The fourth-order valence-corrected chi connectivity index (χ4v) is 3.98. The fourth-order valence-electron chi connectivity index (χ4n) is 3.98. The molecule has 4 bridgehead atoms. The van der Waals surface area contributed by atoms with Gasteiger partial charge in [0.15, 0.2) is 0 Å². The molecule has 4 saturated carbocycles. The van der Waals surface area contributed by atoms with Gasteiger partial charge in [0.25, 0.3) is 6.47 Å². The van der Waals surface area contributed by atoms with Crippen molar-refractivity contribution in [3.8, 4) is 0 Å². The van der Waals surface area contributed by atoms with Gasteiger partial charge in [0, 0.05) is 0 Å². The van der Waals surface area contributed by atoms with Crippen LogP contribution in [0.3, 0.4) is 0 Å². The summed E-state index contributed by atoms with van der Waals surface area (Å²) in [6.45, 7) is -0.250. The van der Waals surface area contributed by atoms with Crippen molar-refractivity contribution in [2.75, 3.05) is 0 Å². The topological polar surface area (TPSA) is 37.3 Å². The molecule has 4 aliphatic rings. The van der Waals surface area contributed by atoms with E-state index in [4.69, 9.17) is 9.90 Å². The Labute approximate surface area is 79.3 Å². The largest absolute Gasteiger partial charge is 0.483 e. The van der Waals surface area contributed by atoms with Crippen LogP contribution in [0.15, 0.2) is 0 Å². The Bertz CT molecular complexity index is 132. The van der Waals surface area contributed by atoms with Gasteiger partial charge < -0.3 is 5.11 Å². The molecular formula is C11H18O2. The zero-order valence-corrected chi connectivity index (χ0v) is 7.98. The average molecular weight is 182 g/mol. The Morgan fingerprint density at radius 2 is 0.923 bits per heavy atom. The van der Waals surface area contributed by atoms with E-state index in [0.717, 1.165) is 0 Å².